The molecule has 4 aliphatic rings. The highest BCUT2D eigenvalue weighted by Crippen LogP contribution is 2.65. The lowest BCUT2D eigenvalue weighted by Crippen LogP contribution is -2.36. The summed E-state index contributed by atoms with van der Waals surface area (Å²) in [4.78, 5) is 77.1. The Morgan fingerprint density at radius 2 is 1.39 bits per heavy atom. The number of hydrogen-bond acceptors (Lipinski definition) is 28. The Morgan fingerprint density at radius 1 is 0.735 bits per heavy atom. The van der Waals surface area contributed by atoms with Crippen LogP contribution in [-0.2, 0) is 81.5 Å². The molecular formula is C64H72N15O17P3S3. The molecule has 8 N–H and O–H groups in total. The van der Waals surface area contributed by atoms with Crippen LogP contribution in [0.4, 0.5) is 17.3 Å². The zero-order valence-electron chi connectivity index (χ0n) is 54.7. The van der Waals surface area contributed by atoms with Crippen molar-refractivity contribution in [2.45, 2.75) is 119 Å². The Bertz CT molecular complexity index is 4670. The third-order valence-corrected chi connectivity index (χ3v) is 23.5. The predicted octanol–water partition coefficient (Wildman–Crippen LogP) is 8.50. The maximum Gasteiger partial charge on any atom is 0.390 e. The fourth-order valence-electron chi connectivity index (χ4n) is 12.2. The third-order valence-electron chi connectivity index (χ3n) is 17.3. The molecule has 0 radical (unpaired) electrons. The Balaban J connectivity index is 0.639. The molecule has 0 saturated carbocycles. The minimum atomic E-state index is -4.56. The molecule has 13 rings (SSSR count). The first-order chi connectivity index (χ1) is 49.2. The number of anilines is 3. The summed E-state index contributed by atoms with van der Waals surface area (Å²) in [6.07, 6.45) is -1.45. The van der Waals surface area contributed by atoms with Gasteiger partial charge in [0.1, 0.15) is 84.1 Å². The molecule has 9 heterocycles. The number of nitrogen functional groups attached to an aromatic ring is 2. The summed E-state index contributed by atoms with van der Waals surface area (Å²) >= 11 is 9.86. The zero-order chi connectivity index (χ0) is 71.3. The second-order valence-corrected chi connectivity index (χ2v) is 35.2. The van der Waals surface area contributed by atoms with E-state index in [0.29, 0.717) is 67.3 Å². The summed E-state index contributed by atoms with van der Waals surface area (Å²) < 4.78 is 88.1. The van der Waals surface area contributed by atoms with Gasteiger partial charge < -0.3 is 60.3 Å². The van der Waals surface area contributed by atoms with Crippen molar-refractivity contribution in [3.63, 3.8) is 0 Å². The first-order valence-corrected chi connectivity index (χ1v) is 41.5. The summed E-state index contributed by atoms with van der Waals surface area (Å²) in [5.41, 5.74) is 18.3. The standard InChI is InChI=1S/C64H72N15O17P3S3/c1-97(85,100)89-28-11-3-2-10-26-67-48(80)16-8-9-17-49(81)76-30-40-12-4-5-13-43(40)50-53(44-14-6-7-15-45(44)76)79(75-74-50)27-29-88-41-24-20-39(21-25-41)64(84)92-42-22-18-38(19-23-42)33-102-99(87)91-32-47-56(55(83)62(94-47)77-36-72-51-58(65)68-34-70-60(51)77)95-98(86,101)90-31-46-54(82)57(96-99)63(93-46)78-37-73-52-59(66)69-35-71-61(52)78/h4-7,12-15,18-25,34-37,46-47,54-57,62-63,82-83H,2-3,8-11,16-17,26-33H2,1H3,(H,67,80)(H,85,100)(H,86,101)(H2,65,68,70)(H2,66,69,71)/t46-,47-,54-,55-,56-,57-,62-,63-,97?,98-,99-/m1/s1. The number of ether oxygens (including phenoxy) is 4. The normalized spacial score (nSPS) is 24.0. The van der Waals surface area contributed by atoms with Crippen molar-refractivity contribution in [3.05, 3.63) is 139 Å². The number of nitrogens with one attached hydrogen (secondary N) is 1. The number of hydrogen-bond donors (Lipinski definition) is 7. The molecule has 5 aromatic heterocycles. The number of nitrogens with two attached hydrogens (primary N) is 2. The largest absolute Gasteiger partial charge is 0.492 e. The number of carbonyl (C=O) groups is 3. The number of esters is 1. The number of aliphatic hydroxyl groups excluding tert-OH is 2. The van der Waals surface area contributed by atoms with E-state index in [-0.39, 0.29) is 82.4 Å². The highest BCUT2D eigenvalue weighted by molar-refractivity contribution is 8.54. The quantitative estimate of drug-likeness (QED) is 0.00979. The molecule has 2 amide bonds. The van der Waals surface area contributed by atoms with Gasteiger partial charge in [-0.1, -0.05) is 84.9 Å². The van der Waals surface area contributed by atoms with E-state index >= 15 is 4.57 Å². The molecule has 4 aliphatic heterocycles. The van der Waals surface area contributed by atoms with E-state index < -0.39 is 88.3 Å². The van der Waals surface area contributed by atoms with E-state index in [4.69, 9.17) is 64.8 Å². The Hall–Kier alpha value is -7.66. The second kappa shape index (κ2) is 31.7. The summed E-state index contributed by atoms with van der Waals surface area (Å²) in [7, 11) is 0. The first-order valence-electron chi connectivity index (χ1n) is 32.6. The number of aliphatic hydroxyl groups is 2. The van der Waals surface area contributed by atoms with Crippen molar-refractivity contribution >= 4 is 113 Å². The van der Waals surface area contributed by atoms with Gasteiger partial charge in [-0.3, -0.25) is 36.8 Å². The molecule has 1 unspecified atom stereocenters. The molecule has 2 bridgehead atoms. The topological polar surface area (TPSA) is 414 Å². The molecule has 102 heavy (non-hydrogen) atoms. The monoisotopic (exact) mass is 1510 g/mol. The molecule has 3 saturated heterocycles. The minimum Gasteiger partial charge on any atom is -0.492 e. The van der Waals surface area contributed by atoms with Crippen LogP contribution >= 0.6 is 43.7 Å². The molecule has 11 atom stereocenters. The Kier molecular flexibility index (Phi) is 22.6. The number of thiol groups is 1. The van der Waals surface area contributed by atoms with Crippen LogP contribution in [0.2, 0.25) is 0 Å². The van der Waals surface area contributed by atoms with Crippen molar-refractivity contribution < 1.29 is 80.2 Å². The third kappa shape index (κ3) is 16.8. The number of fused-ring (bicyclic) bond motifs is 10. The average Bonchev–Trinajstić information content (AvgIpc) is 1.47. The Labute approximate surface area is 597 Å². The lowest BCUT2D eigenvalue weighted by atomic mass is 9.95. The minimum absolute atomic E-state index is 0.0464. The van der Waals surface area contributed by atoms with E-state index in [1.165, 1.54) is 41.1 Å². The number of rotatable bonds is 24. The van der Waals surface area contributed by atoms with Crippen molar-refractivity contribution in [1.82, 2.24) is 59.3 Å². The number of unbranched alkanes of at least 4 members (excludes halogenated alkanes) is 4. The van der Waals surface area contributed by atoms with E-state index in [1.54, 1.807) is 58.1 Å². The SMILES string of the molecule is CP(O)(=S)OCCCCCCNC(=O)CCCCC(=O)N1Cc2ccccc2-c2nnn(CCOc3ccc(C(=O)Oc4ccc(CS[P@]5(=O)OC[C@H]6O[C@@H](n7cnc8c(N)ncnc87)[C@H](O)[C@@H]6O[P@](=O)(S)OC[C@H]6O[C@@H](n7cnc8c(N)ncnc87)[C@H](O5)[C@@H]6O)cc4)cc3)c2-c2ccccc21. The lowest BCUT2D eigenvalue weighted by molar-refractivity contribution is -0.122. The molecule has 9 aromatic rings. The second-order valence-electron chi connectivity index (χ2n) is 24.4. The average molecular weight is 1510 g/mol. The number of benzene rings is 4. The van der Waals surface area contributed by atoms with Crippen molar-refractivity contribution in [1.29, 1.82) is 0 Å². The van der Waals surface area contributed by atoms with Gasteiger partial charge in [-0.15, -0.1) is 5.10 Å². The number of para-hydroxylation sites is 1. The smallest absolute Gasteiger partial charge is 0.390 e. The highest BCUT2D eigenvalue weighted by atomic mass is 32.7. The van der Waals surface area contributed by atoms with Crippen LogP contribution in [0.3, 0.4) is 0 Å². The van der Waals surface area contributed by atoms with Gasteiger partial charge in [0.2, 0.25) is 11.8 Å². The molecule has 538 valence electrons. The van der Waals surface area contributed by atoms with E-state index in [9.17, 15) is 34.1 Å². The number of amides is 2. The lowest BCUT2D eigenvalue weighted by Gasteiger charge is -2.29. The van der Waals surface area contributed by atoms with Gasteiger partial charge in [0, 0.05) is 42.9 Å². The summed E-state index contributed by atoms with van der Waals surface area (Å²) in [5.74, 6) is -0.0827. The molecule has 3 fully saturated rings. The van der Waals surface area contributed by atoms with Gasteiger partial charge in [-0.2, -0.15) is 0 Å². The fourth-order valence-corrected chi connectivity index (χ4v) is 17.8. The molecule has 4 aromatic carbocycles. The number of imidazole rings is 2. The number of aromatic nitrogens is 11. The number of carbonyl (C=O) groups excluding carboxylic acids is 3. The van der Waals surface area contributed by atoms with Gasteiger partial charge in [-0.25, -0.2) is 48.5 Å². The van der Waals surface area contributed by atoms with Gasteiger partial charge in [-0.05, 0) is 102 Å². The maximum absolute atomic E-state index is 15.5. The zero-order valence-corrected chi connectivity index (χ0v) is 59.9. The maximum atomic E-state index is 15.5. The van der Waals surface area contributed by atoms with Gasteiger partial charge in [0.25, 0.3) is 0 Å². The van der Waals surface area contributed by atoms with Crippen LogP contribution in [0.15, 0.2) is 122 Å². The van der Waals surface area contributed by atoms with Gasteiger partial charge in [0.15, 0.2) is 41.9 Å². The summed E-state index contributed by atoms with van der Waals surface area (Å²) in [6.45, 7) is -9.64. The molecule has 32 nitrogen and oxygen atoms in total. The van der Waals surface area contributed by atoms with Crippen LogP contribution in [0.1, 0.15) is 85.3 Å². The summed E-state index contributed by atoms with van der Waals surface area (Å²) in [5, 5.41) is 36.0. The molecule has 0 aliphatic carbocycles. The van der Waals surface area contributed by atoms with Crippen molar-refractivity contribution in [2.75, 3.05) is 56.0 Å². The molecule has 0 spiro atoms. The first kappa shape index (κ1) is 72.7. The fraction of sp³-hybridized carbons (Fsp3) is 0.391. The van der Waals surface area contributed by atoms with Crippen LogP contribution < -0.4 is 31.2 Å². The Morgan fingerprint density at radius 3 is 2.13 bits per heavy atom. The van der Waals surface area contributed by atoms with Gasteiger partial charge >= 0.3 is 19.6 Å². The van der Waals surface area contributed by atoms with E-state index in [1.807, 2.05) is 48.5 Å². The highest BCUT2D eigenvalue weighted by Gasteiger charge is 2.54. The van der Waals surface area contributed by atoms with Crippen LogP contribution in [0, 0.1) is 0 Å². The summed E-state index contributed by atoms with van der Waals surface area (Å²) in [6, 6.07) is 28.3. The van der Waals surface area contributed by atoms with Crippen molar-refractivity contribution in [3.8, 4) is 34.0 Å². The molecular weight excluding hydrogens is 1440 g/mol. The van der Waals surface area contributed by atoms with Crippen LogP contribution in [0.25, 0.3) is 44.8 Å². The molecule has 38 heteroatoms. The number of nitrogens with zero attached hydrogens (tertiary/aromatic N) is 12. The van der Waals surface area contributed by atoms with Gasteiger partial charge in [0.05, 0.1) is 62.5 Å². The predicted molar refractivity (Wildman–Crippen MR) is 380 cm³/mol. The van der Waals surface area contributed by atoms with E-state index in [2.05, 4.69) is 57.8 Å². The van der Waals surface area contributed by atoms with Crippen LogP contribution in [0.5, 0.6) is 11.5 Å². The van der Waals surface area contributed by atoms with E-state index in [0.717, 1.165) is 53.8 Å². The van der Waals surface area contributed by atoms with Crippen LogP contribution in [-0.4, -0.2) is 163 Å². The van der Waals surface area contributed by atoms with Crippen molar-refractivity contribution in [2.24, 2.45) is 0 Å².